The van der Waals surface area contributed by atoms with Gasteiger partial charge in [0.1, 0.15) is 17.9 Å². The minimum atomic E-state index is -1.20. The number of hydrogen-bond donors (Lipinski definition) is 2. The van der Waals surface area contributed by atoms with Gasteiger partial charge in [0.15, 0.2) is 6.10 Å². The van der Waals surface area contributed by atoms with Gasteiger partial charge >= 0.3 is 12.0 Å². The molecule has 1 heterocycles. The number of amides is 4. The number of aryl methyl sites for hydroxylation is 1. The third kappa shape index (κ3) is 5.55. The number of rotatable bonds is 8. The first-order valence-corrected chi connectivity index (χ1v) is 9.83. The summed E-state index contributed by atoms with van der Waals surface area (Å²) in [5, 5.41) is 5.07. The van der Waals surface area contributed by atoms with Crippen molar-refractivity contribution in [2.24, 2.45) is 5.92 Å². The first-order chi connectivity index (χ1) is 13.9. The van der Waals surface area contributed by atoms with Crippen LogP contribution in [0.1, 0.15) is 46.1 Å². The first-order valence-electron chi connectivity index (χ1n) is 9.83. The van der Waals surface area contributed by atoms with Crippen LogP contribution >= 0.6 is 0 Å². The Bertz CT molecular complexity index is 857. The van der Waals surface area contributed by atoms with E-state index in [1.807, 2.05) is 13.8 Å². The Labute approximate surface area is 175 Å². The lowest BCUT2D eigenvalue weighted by molar-refractivity contribution is -0.155. The van der Waals surface area contributed by atoms with Crippen LogP contribution in [0.15, 0.2) is 18.2 Å². The number of carbonyl (C=O) groups is 4. The third-order valence-corrected chi connectivity index (χ3v) is 4.97. The van der Waals surface area contributed by atoms with E-state index in [1.54, 1.807) is 13.8 Å². The molecule has 0 bridgehead atoms. The number of nitrogens with zero attached hydrogens (tertiary/aromatic N) is 1. The molecule has 1 aromatic carbocycles. The monoisotopic (exact) mass is 421 g/mol. The maximum atomic E-state index is 13.6. The molecule has 30 heavy (non-hydrogen) atoms. The molecule has 0 unspecified atom stereocenters. The Morgan fingerprint density at radius 2 is 1.93 bits per heavy atom. The lowest BCUT2D eigenvalue weighted by atomic mass is 9.92. The predicted octanol–water partition coefficient (Wildman–Crippen LogP) is 2.75. The van der Waals surface area contributed by atoms with Gasteiger partial charge in [-0.15, -0.1) is 0 Å². The van der Waals surface area contributed by atoms with Crippen LogP contribution in [0.3, 0.4) is 0 Å². The molecule has 1 aromatic rings. The molecule has 0 aliphatic carbocycles. The molecule has 1 saturated heterocycles. The smallest absolute Gasteiger partial charge is 0.327 e. The summed E-state index contributed by atoms with van der Waals surface area (Å²) < 4.78 is 18.6. The van der Waals surface area contributed by atoms with Crippen LogP contribution in [-0.2, 0) is 19.1 Å². The number of esters is 1. The summed E-state index contributed by atoms with van der Waals surface area (Å²) in [6.45, 7) is 7.98. The van der Waals surface area contributed by atoms with Crippen LogP contribution in [0.25, 0.3) is 0 Å². The molecular formula is C21H28FN3O5. The van der Waals surface area contributed by atoms with Crippen molar-refractivity contribution in [1.29, 1.82) is 0 Å². The maximum absolute atomic E-state index is 13.6. The summed E-state index contributed by atoms with van der Waals surface area (Å²) in [7, 11) is 0. The van der Waals surface area contributed by atoms with E-state index < -0.39 is 47.8 Å². The van der Waals surface area contributed by atoms with Crippen molar-refractivity contribution in [2.45, 2.75) is 59.1 Å². The van der Waals surface area contributed by atoms with Gasteiger partial charge < -0.3 is 15.4 Å². The minimum absolute atomic E-state index is 0.223. The van der Waals surface area contributed by atoms with Crippen molar-refractivity contribution < 1.29 is 28.3 Å². The molecule has 2 rings (SSSR count). The number of hydrogen-bond acceptors (Lipinski definition) is 5. The average Bonchev–Trinajstić information content (AvgIpc) is 2.86. The predicted molar refractivity (Wildman–Crippen MR) is 108 cm³/mol. The van der Waals surface area contributed by atoms with Crippen LogP contribution in [-0.4, -0.2) is 46.9 Å². The second-order valence-corrected chi connectivity index (χ2v) is 8.17. The molecule has 0 radical (unpaired) electrons. The molecular weight excluding hydrogens is 393 g/mol. The Morgan fingerprint density at radius 3 is 2.53 bits per heavy atom. The van der Waals surface area contributed by atoms with Gasteiger partial charge in [-0.25, -0.2) is 9.18 Å². The molecule has 0 saturated carbocycles. The molecule has 0 aromatic heterocycles. The Balaban J connectivity index is 1.92. The highest BCUT2D eigenvalue weighted by Crippen LogP contribution is 2.24. The van der Waals surface area contributed by atoms with Gasteiger partial charge in [0.05, 0.1) is 0 Å². The fourth-order valence-corrected chi connectivity index (χ4v) is 2.97. The van der Waals surface area contributed by atoms with Crippen LogP contribution < -0.4 is 10.6 Å². The fraction of sp³-hybridized carbons (Fsp3) is 0.524. The van der Waals surface area contributed by atoms with Gasteiger partial charge in [-0.2, -0.15) is 0 Å². The molecule has 8 nitrogen and oxygen atoms in total. The summed E-state index contributed by atoms with van der Waals surface area (Å²) in [6, 6.07) is 3.52. The summed E-state index contributed by atoms with van der Waals surface area (Å²) in [4.78, 5) is 50.0. The van der Waals surface area contributed by atoms with E-state index in [0.717, 1.165) is 17.4 Å². The normalized spacial score (nSPS) is 19.6. The van der Waals surface area contributed by atoms with Crippen molar-refractivity contribution in [3.63, 3.8) is 0 Å². The van der Waals surface area contributed by atoms with E-state index in [9.17, 15) is 23.6 Å². The van der Waals surface area contributed by atoms with E-state index in [2.05, 4.69) is 10.6 Å². The zero-order chi connectivity index (χ0) is 22.6. The second kappa shape index (κ2) is 9.23. The molecule has 4 amide bonds. The Morgan fingerprint density at radius 1 is 1.27 bits per heavy atom. The topological polar surface area (TPSA) is 105 Å². The maximum Gasteiger partial charge on any atom is 0.327 e. The zero-order valence-electron chi connectivity index (χ0n) is 17.9. The highest BCUT2D eigenvalue weighted by molar-refractivity contribution is 6.08. The van der Waals surface area contributed by atoms with Crippen LogP contribution in [0.2, 0.25) is 0 Å². The molecule has 1 fully saturated rings. The lowest BCUT2D eigenvalue weighted by Crippen LogP contribution is -2.44. The zero-order valence-corrected chi connectivity index (χ0v) is 17.9. The number of nitrogens with one attached hydrogen (secondary N) is 2. The summed E-state index contributed by atoms with van der Waals surface area (Å²) >= 11 is 0. The highest BCUT2D eigenvalue weighted by Gasteiger charge is 2.48. The minimum Gasteiger partial charge on any atom is -0.451 e. The Hall–Kier alpha value is -2.97. The largest absolute Gasteiger partial charge is 0.451 e. The molecule has 1 aliphatic rings. The first kappa shape index (κ1) is 23.3. The quantitative estimate of drug-likeness (QED) is 0.496. The molecule has 164 valence electrons. The van der Waals surface area contributed by atoms with Gasteiger partial charge in [0, 0.05) is 5.69 Å². The SMILES string of the molecule is Cc1ccc(NC(=O)[C@@H](C)OC(=O)CN2C(=O)N[C@@](C)(CCC(C)C)C2=O)cc1F. The van der Waals surface area contributed by atoms with Crippen molar-refractivity contribution >= 4 is 29.5 Å². The molecule has 9 heteroatoms. The molecule has 2 atom stereocenters. The van der Waals surface area contributed by atoms with Crippen LogP contribution in [0.5, 0.6) is 0 Å². The fourth-order valence-electron chi connectivity index (χ4n) is 2.97. The number of anilines is 1. The standard InChI is InChI=1S/C21H28FN3O5/c1-12(2)8-9-21(5)19(28)25(20(29)24-21)11-17(26)30-14(4)18(27)23-15-7-6-13(3)16(22)10-15/h6-7,10,12,14H,8-9,11H2,1-5H3,(H,23,27)(H,24,29)/t14-,21+/m1/s1. The number of halogens is 1. The van der Waals surface area contributed by atoms with E-state index in [-0.39, 0.29) is 5.69 Å². The van der Waals surface area contributed by atoms with E-state index in [1.165, 1.54) is 19.1 Å². The summed E-state index contributed by atoms with van der Waals surface area (Å²) in [6.07, 6.45) is -0.0143. The summed E-state index contributed by atoms with van der Waals surface area (Å²) in [5.74, 6) is -2.18. The molecule has 2 N–H and O–H groups in total. The van der Waals surface area contributed by atoms with Crippen molar-refractivity contribution in [2.75, 3.05) is 11.9 Å². The second-order valence-electron chi connectivity index (χ2n) is 8.17. The van der Waals surface area contributed by atoms with Gasteiger partial charge in [0.25, 0.3) is 11.8 Å². The number of benzene rings is 1. The summed E-state index contributed by atoms with van der Waals surface area (Å²) in [5.41, 5.74) is -0.414. The van der Waals surface area contributed by atoms with E-state index in [0.29, 0.717) is 17.9 Å². The van der Waals surface area contributed by atoms with Gasteiger partial charge in [-0.1, -0.05) is 19.9 Å². The third-order valence-electron chi connectivity index (χ3n) is 4.97. The molecule has 1 aliphatic heterocycles. The van der Waals surface area contributed by atoms with Crippen molar-refractivity contribution in [1.82, 2.24) is 10.2 Å². The number of carbonyl (C=O) groups excluding carboxylic acids is 4. The number of urea groups is 1. The van der Waals surface area contributed by atoms with Gasteiger partial charge in [-0.05, 0) is 57.2 Å². The van der Waals surface area contributed by atoms with Crippen molar-refractivity contribution in [3.8, 4) is 0 Å². The number of imide groups is 1. The average molecular weight is 421 g/mol. The lowest BCUT2D eigenvalue weighted by Gasteiger charge is -2.22. The highest BCUT2D eigenvalue weighted by atomic mass is 19.1. The van der Waals surface area contributed by atoms with Crippen LogP contribution in [0, 0.1) is 18.7 Å². The van der Waals surface area contributed by atoms with Gasteiger partial charge in [-0.3, -0.25) is 19.3 Å². The molecule has 0 spiro atoms. The number of ether oxygens (including phenoxy) is 1. The van der Waals surface area contributed by atoms with Crippen molar-refractivity contribution in [3.05, 3.63) is 29.6 Å². The van der Waals surface area contributed by atoms with Crippen LogP contribution in [0.4, 0.5) is 14.9 Å². The Kier molecular flexibility index (Phi) is 7.17. The van der Waals surface area contributed by atoms with Gasteiger partial charge in [0.2, 0.25) is 0 Å². The van der Waals surface area contributed by atoms with E-state index in [4.69, 9.17) is 4.74 Å². The van der Waals surface area contributed by atoms with E-state index >= 15 is 0 Å².